The Morgan fingerprint density at radius 2 is 1.80 bits per heavy atom. The first-order valence-corrected chi connectivity index (χ1v) is 15.2. The fourth-order valence-electron chi connectivity index (χ4n) is 5.16. The molecule has 2 aromatic carbocycles. The molecule has 2 aliphatic rings. The number of hydrogen-bond acceptors (Lipinski definition) is 9. The number of unbranched alkanes of at least 4 members (excludes halogenated alkanes) is 2. The molecule has 12 heteroatoms. The largest absolute Gasteiger partial charge is 0.399 e. The first-order valence-electron chi connectivity index (χ1n) is 15.2. The minimum absolute atomic E-state index is 0.156. The van der Waals surface area contributed by atoms with Gasteiger partial charge in [0, 0.05) is 62.9 Å². The number of carbonyl (C=O) groups is 4. The zero-order chi connectivity index (χ0) is 31.3. The number of imide groups is 1. The van der Waals surface area contributed by atoms with Crippen LogP contribution in [-0.4, -0.2) is 74.5 Å². The predicted molar refractivity (Wildman–Crippen MR) is 169 cm³/mol. The van der Waals surface area contributed by atoms with E-state index in [4.69, 9.17) is 10.5 Å². The third kappa shape index (κ3) is 9.29. The second-order valence-electron chi connectivity index (χ2n) is 10.9. The summed E-state index contributed by atoms with van der Waals surface area (Å²) in [4.78, 5) is 50.5. The number of hydrogen-bond donors (Lipinski definition) is 6. The molecule has 2 heterocycles. The Hall–Kier alpha value is -4.42. The maximum absolute atomic E-state index is 13.0. The summed E-state index contributed by atoms with van der Waals surface area (Å²) in [6, 6.07) is 12.3. The summed E-state index contributed by atoms with van der Waals surface area (Å²) in [6.07, 6.45) is 6.26. The van der Waals surface area contributed by atoms with E-state index in [0.29, 0.717) is 44.0 Å². The van der Waals surface area contributed by atoms with Crippen LogP contribution in [0.15, 0.2) is 48.7 Å². The molecule has 1 unspecified atom stereocenters. The van der Waals surface area contributed by atoms with Crippen LogP contribution >= 0.6 is 0 Å². The van der Waals surface area contributed by atoms with Crippen LogP contribution < -0.4 is 32.3 Å². The highest BCUT2D eigenvalue weighted by atomic mass is 16.5. The molecule has 7 N–H and O–H groups in total. The SMILES string of the molecule is CN/C(=C\NCCCCOCCCCNCC(=O)Nc1ccc2c(c1)C(=O)N(C1CCC(=O)NC1=O)C2)c1ccc(N)cc1. The van der Waals surface area contributed by atoms with E-state index in [1.807, 2.05) is 37.5 Å². The van der Waals surface area contributed by atoms with Crippen molar-refractivity contribution in [3.8, 4) is 0 Å². The Labute approximate surface area is 258 Å². The molecule has 0 radical (unpaired) electrons. The van der Waals surface area contributed by atoms with Crippen LogP contribution in [0.25, 0.3) is 5.70 Å². The number of ether oxygens (including phenoxy) is 1. The van der Waals surface area contributed by atoms with Crippen molar-refractivity contribution in [2.24, 2.45) is 0 Å². The molecule has 4 amide bonds. The molecule has 0 bridgehead atoms. The number of nitrogens with two attached hydrogens (primary N) is 1. The average molecular weight is 606 g/mol. The highest BCUT2D eigenvalue weighted by molar-refractivity contribution is 6.06. The standard InChI is InChI=1S/C32H43N7O5/c1-34-27(22-6-9-24(33)10-7-22)19-35-14-2-4-16-44-17-5-3-15-36-20-30(41)37-25-11-8-23-21-39(32(43)26(23)18-25)28-12-13-29(40)38-31(28)42/h6-11,18-19,28,34-36H,2-5,12-17,20-21,33H2,1H3,(H,37,41)(H,38,40,42)/b27-19-. The van der Waals surface area contributed by atoms with Crippen LogP contribution in [0.2, 0.25) is 0 Å². The number of nitrogens with one attached hydrogen (secondary N) is 5. The van der Waals surface area contributed by atoms with E-state index in [9.17, 15) is 19.2 Å². The fourth-order valence-corrected chi connectivity index (χ4v) is 5.16. The molecule has 12 nitrogen and oxygen atoms in total. The number of carbonyl (C=O) groups excluding carboxylic acids is 4. The van der Waals surface area contributed by atoms with E-state index < -0.39 is 11.9 Å². The molecule has 2 aliphatic heterocycles. The zero-order valence-electron chi connectivity index (χ0n) is 25.2. The van der Waals surface area contributed by atoms with Gasteiger partial charge in [0.25, 0.3) is 5.91 Å². The lowest BCUT2D eigenvalue weighted by Gasteiger charge is -2.29. The first kappa shape index (κ1) is 32.5. The molecule has 236 valence electrons. The molecular formula is C32H43N7O5. The number of piperidine rings is 1. The van der Waals surface area contributed by atoms with Crippen molar-refractivity contribution in [3.63, 3.8) is 0 Å². The number of anilines is 2. The highest BCUT2D eigenvalue weighted by Crippen LogP contribution is 2.29. The van der Waals surface area contributed by atoms with Crippen LogP contribution in [0, 0.1) is 0 Å². The van der Waals surface area contributed by atoms with Crippen molar-refractivity contribution < 1.29 is 23.9 Å². The van der Waals surface area contributed by atoms with Gasteiger partial charge in [0.15, 0.2) is 0 Å². The van der Waals surface area contributed by atoms with Gasteiger partial charge < -0.3 is 36.6 Å². The van der Waals surface area contributed by atoms with Gasteiger partial charge in [0.1, 0.15) is 6.04 Å². The number of nitrogens with zero attached hydrogens (tertiary/aromatic N) is 1. The van der Waals surface area contributed by atoms with Gasteiger partial charge in [-0.1, -0.05) is 18.2 Å². The van der Waals surface area contributed by atoms with Gasteiger partial charge in [-0.05, 0) is 74.0 Å². The number of fused-ring (bicyclic) bond motifs is 1. The summed E-state index contributed by atoms with van der Waals surface area (Å²) in [6.45, 7) is 3.41. The normalized spacial score (nSPS) is 16.5. The maximum atomic E-state index is 13.0. The minimum Gasteiger partial charge on any atom is -0.399 e. The van der Waals surface area contributed by atoms with Crippen molar-refractivity contribution in [2.45, 2.75) is 51.1 Å². The van der Waals surface area contributed by atoms with Gasteiger partial charge in [-0.2, -0.15) is 0 Å². The predicted octanol–water partition coefficient (Wildman–Crippen LogP) is 1.94. The van der Waals surface area contributed by atoms with E-state index in [1.165, 1.54) is 4.90 Å². The van der Waals surface area contributed by atoms with Gasteiger partial charge in [-0.3, -0.25) is 24.5 Å². The molecular weight excluding hydrogens is 562 g/mol. The molecule has 1 atom stereocenters. The Morgan fingerprint density at radius 3 is 2.52 bits per heavy atom. The molecule has 1 saturated heterocycles. The number of nitrogen functional groups attached to an aromatic ring is 1. The second kappa shape index (κ2) is 16.4. The Balaban J connectivity index is 1.02. The summed E-state index contributed by atoms with van der Waals surface area (Å²) in [5.74, 6) is -1.23. The van der Waals surface area contributed by atoms with Crippen molar-refractivity contribution in [2.75, 3.05) is 50.9 Å². The third-order valence-corrected chi connectivity index (χ3v) is 7.59. The van der Waals surface area contributed by atoms with Crippen LogP contribution in [0.5, 0.6) is 0 Å². The molecule has 4 rings (SSSR count). The van der Waals surface area contributed by atoms with Crippen LogP contribution in [0.1, 0.15) is 60.0 Å². The minimum atomic E-state index is -0.663. The zero-order valence-corrected chi connectivity index (χ0v) is 25.2. The molecule has 0 aromatic heterocycles. The molecule has 0 aliphatic carbocycles. The molecule has 44 heavy (non-hydrogen) atoms. The number of rotatable bonds is 17. The quantitative estimate of drug-likeness (QED) is 0.0897. The van der Waals surface area contributed by atoms with Crippen LogP contribution in [0.3, 0.4) is 0 Å². The summed E-state index contributed by atoms with van der Waals surface area (Å²) < 4.78 is 5.73. The lowest BCUT2D eigenvalue weighted by molar-refractivity contribution is -0.137. The first-order chi connectivity index (χ1) is 21.4. The van der Waals surface area contributed by atoms with Crippen molar-refractivity contribution in [1.82, 2.24) is 26.2 Å². The highest BCUT2D eigenvalue weighted by Gasteiger charge is 2.39. The van der Waals surface area contributed by atoms with Crippen molar-refractivity contribution >= 4 is 40.7 Å². The van der Waals surface area contributed by atoms with Crippen LogP contribution in [-0.2, 0) is 25.7 Å². The second-order valence-corrected chi connectivity index (χ2v) is 10.9. The average Bonchev–Trinajstić information content (AvgIpc) is 3.33. The summed E-state index contributed by atoms with van der Waals surface area (Å²) >= 11 is 0. The number of amides is 4. The van der Waals surface area contributed by atoms with Crippen LogP contribution in [0.4, 0.5) is 11.4 Å². The molecule has 0 spiro atoms. The van der Waals surface area contributed by atoms with Crippen molar-refractivity contribution in [3.05, 3.63) is 65.4 Å². The van der Waals surface area contributed by atoms with E-state index in [-0.39, 0.29) is 30.7 Å². The van der Waals surface area contributed by atoms with E-state index in [2.05, 4.69) is 26.6 Å². The Morgan fingerprint density at radius 1 is 1.05 bits per heavy atom. The summed E-state index contributed by atoms with van der Waals surface area (Å²) in [5, 5.41) is 14.8. The topological polar surface area (TPSA) is 167 Å². The summed E-state index contributed by atoms with van der Waals surface area (Å²) in [5.41, 5.74) is 10.4. The lowest BCUT2D eigenvalue weighted by Crippen LogP contribution is -2.52. The third-order valence-electron chi connectivity index (χ3n) is 7.59. The van der Waals surface area contributed by atoms with Gasteiger partial charge in [-0.15, -0.1) is 0 Å². The fraction of sp³-hybridized carbons (Fsp3) is 0.438. The number of benzene rings is 2. The molecule has 0 saturated carbocycles. The monoisotopic (exact) mass is 605 g/mol. The van der Waals surface area contributed by atoms with Gasteiger partial charge in [0.2, 0.25) is 17.7 Å². The Bertz CT molecular complexity index is 1350. The van der Waals surface area contributed by atoms with Gasteiger partial charge in [0.05, 0.1) is 12.2 Å². The maximum Gasteiger partial charge on any atom is 0.255 e. The van der Waals surface area contributed by atoms with E-state index in [0.717, 1.165) is 54.7 Å². The van der Waals surface area contributed by atoms with E-state index in [1.54, 1.807) is 18.2 Å². The van der Waals surface area contributed by atoms with Crippen molar-refractivity contribution in [1.29, 1.82) is 0 Å². The van der Waals surface area contributed by atoms with Gasteiger partial charge >= 0.3 is 0 Å². The lowest BCUT2D eigenvalue weighted by atomic mass is 10.0. The smallest absolute Gasteiger partial charge is 0.255 e. The Kier molecular flexibility index (Phi) is 12.1. The summed E-state index contributed by atoms with van der Waals surface area (Å²) in [7, 11) is 1.89. The molecule has 1 fully saturated rings. The van der Waals surface area contributed by atoms with Gasteiger partial charge in [-0.25, -0.2) is 0 Å². The van der Waals surface area contributed by atoms with E-state index >= 15 is 0 Å². The molecule has 2 aromatic rings.